The highest BCUT2D eigenvalue weighted by Gasteiger charge is 2.22. The Morgan fingerprint density at radius 3 is 2.50 bits per heavy atom. The molecular weight excluding hydrogens is 316 g/mol. The highest BCUT2D eigenvalue weighted by atomic mass is 79.9. The average molecular weight is 339 g/mol. The summed E-state index contributed by atoms with van der Waals surface area (Å²) < 4.78 is 0.863. The van der Waals surface area contributed by atoms with Crippen LogP contribution in [0.2, 0.25) is 0 Å². The molecule has 0 aromatic heterocycles. The van der Waals surface area contributed by atoms with Gasteiger partial charge in [-0.25, -0.2) is 0 Å². The molecule has 0 heterocycles. The number of unbranched alkanes of at least 4 members (excludes halogenated alkanes) is 4. The van der Waals surface area contributed by atoms with E-state index in [1.165, 1.54) is 19.3 Å². The summed E-state index contributed by atoms with van der Waals surface area (Å²) in [6.07, 6.45) is 6.10. The molecule has 0 N–H and O–H groups in total. The molecule has 2 nitrogen and oxygen atoms in total. The third kappa shape index (κ3) is 5.58. The van der Waals surface area contributed by atoms with Crippen LogP contribution in [0.25, 0.3) is 0 Å². The summed E-state index contributed by atoms with van der Waals surface area (Å²) in [6, 6.07) is 7.22. The van der Waals surface area contributed by atoms with Crippen molar-refractivity contribution in [1.29, 1.82) is 0 Å². The van der Waals surface area contributed by atoms with Crippen molar-refractivity contribution in [2.45, 2.75) is 52.4 Å². The molecule has 0 saturated carbocycles. The van der Waals surface area contributed by atoms with Gasteiger partial charge in [0.25, 0.3) is 0 Å². The van der Waals surface area contributed by atoms with Crippen molar-refractivity contribution in [3.05, 3.63) is 34.3 Å². The van der Waals surface area contributed by atoms with Gasteiger partial charge >= 0.3 is 0 Å². The number of rotatable bonds is 9. The second kappa shape index (κ2) is 9.06. The monoisotopic (exact) mass is 338 g/mol. The van der Waals surface area contributed by atoms with Gasteiger partial charge in [-0.1, -0.05) is 60.7 Å². The van der Waals surface area contributed by atoms with Gasteiger partial charge in [-0.2, -0.15) is 0 Å². The predicted octanol–water partition coefficient (Wildman–Crippen LogP) is 5.20. The van der Waals surface area contributed by atoms with Crippen molar-refractivity contribution < 1.29 is 9.59 Å². The lowest BCUT2D eigenvalue weighted by Gasteiger charge is -2.10. The van der Waals surface area contributed by atoms with Crippen molar-refractivity contribution in [3.8, 4) is 0 Å². The van der Waals surface area contributed by atoms with Gasteiger partial charge in [0, 0.05) is 16.5 Å². The highest BCUT2D eigenvalue weighted by molar-refractivity contribution is 9.10. The lowest BCUT2D eigenvalue weighted by molar-refractivity contribution is -0.121. The summed E-state index contributed by atoms with van der Waals surface area (Å²) in [5.41, 5.74) is 0.603. The molecule has 0 radical (unpaired) electrons. The van der Waals surface area contributed by atoms with Crippen LogP contribution in [-0.4, -0.2) is 11.6 Å². The smallest absolute Gasteiger partial charge is 0.173 e. The topological polar surface area (TPSA) is 34.1 Å². The largest absolute Gasteiger partial charge is 0.299 e. The first-order valence-electron chi connectivity index (χ1n) is 7.38. The van der Waals surface area contributed by atoms with Gasteiger partial charge < -0.3 is 0 Å². The van der Waals surface area contributed by atoms with Crippen LogP contribution in [0.3, 0.4) is 0 Å². The van der Waals surface area contributed by atoms with Crippen molar-refractivity contribution in [1.82, 2.24) is 0 Å². The molecule has 0 spiro atoms. The van der Waals surface area contributed by atoms with Crippen molar-refractivity contribution in [2.24, 2.45) is 5.92 Å². The third-order valence-corrected chi connectivity index (χ3v) is 4.01. The Hall–Kier alpha value is -0.960. The lowest BCUT2D eigenvalue weighted by atomic mass is 9.92. The van der Waals surface area contributed by atoms with E-state index in [1.54, 1.807) is 19.1 Å². The molecular formula is C17H23BrO2. The predicted molar refractivity (Wildman–Crippen MR) is 86.0 cm³/mol. The summed E-state index contributed by atoms with van der Waals surface area (Å²) in [7, 11) is 0. The molecule has 1 aromatic carbocycles. The summed E-state index contributed by atoms with van der Waals surface area (Å²) in [4.78, 5) is 24.3. The van der Waals surface area contributed by atoms with Gasteiger partial charge in [-0.3, -0.25) is 9.59 Å². The fraction of sp³-hybridized carbons (Fsp3) is 0.529. The van der Waals surface area contributed by atoms with E-state index < -0.39 is 5.92 Å². The Balaban J connectivity index is 2.46. The number of ketones is 2. The number of carbonyl (C=O) groups is 2. The van der Waals surface area contributed by atoms with Gasteiger partial charge in [0.1, 0.15) is 5.78 Å². The summed E-state index contributed by atoms with van der Waals surface area (Å²) in [5.74, 6) is -0.549. The second-order valence-corrected chi connectivity index (χ2v) is 6.14. The maximum atomic E-state index is 12.2. The minimum absolute atomic E-state index is 0.0615. The van der Waals surface area contributed by atoms with E-state index in [-0.39, 0.29) is 11.6 Å². The van der Waals surface area contributed by atoms with Crippen LogP contribution in [0.15, 0.2) is 28.7 Å². The quantitative estimate of drug-likeness (QED) is 0.352. The molecule has 1 aromatic rings. The standard InChI is InChI=1S/C17H23BrO2/c1-3-4-5-6-7-11-16(19)13(2)17(20)14-9-8-10-15(18)12-14/h8-10,12-13H,3-7,11H2,1-2H3. The van der Waals surface area contributed by atoms with E-state index in [9.17, 15) is 9.59 Å². The van der Waals surface area contributed by atoms with Gasteiger partial charge in [0.2, 0.25) is 0 Å². The van der Waals surface area contributed by atoms with E-state index in [0.29, 0.717) is 12.0 Å². The number of benzene rings is 1. The molecule has 0 saturated heterocycles. The Kier molecular flexibility index (Phi) is 7.75. The van der Waals surface area contributed by atoms with E-state index >= 15 is 0 Å². The highest BCUT2D eigenvalue weighted by Crippen LogP contribution is 2.17. The van der Waals surface area contributed by atoms with E-state index in [1.807, 2.05) is 12.1 Å². The Morgan fingerprint density at radius 2 is 1.85 bits per heavy atom. The van der Waals surface area contributed by atoms with Crippen molar-refractivity contribution in [2.75, 3.05) is 0 Å². The minimum atomic E-state index is -0.532. The number of hydrogen-bond donors (Lipinski definition) is 0. The molecule has 0 amide bonds. The van der Waals surface area contributed by atoms with Crippen LogP contribution in [-0.2, 0) is 4.79 Å². The minimum Gasteiger partial charge on any atom is -0.299 e. The molecule has 0 aliphatic rings. The number of hydrogen-bond acceptors (Lipinski definition) is 2. The summed E-state index contributed by atoms with van der Waals surface area (Å²) in [6.45, 7) is 3.89. The lowest BCUT2D eigenvalue weighted by Crippen LogP contribution is -2.21. The fourth-order valence-corrected chi connectivity index (χ4v) is 2.56. The van der Waals surface area contributed by atoms with E-state index in [0.717, 1.165) is 17.3 Å². The van der Waals surface area contributed by atoms with E-state index in [2.05, 4.69) is 22.9 Å². The van der Waals surface area contributed by atoms with Crippen LogP contribution >= 0.6 is 15.9 Å². The van der Waals surface area contributed by atoms with Crippen molar-refractivity contribution >= 4 is 27.5 Å². The molecule has 1 rings (SSSR count). The zero-order chi connectivity index (χ0) is 15.0. The maximum absolute atomic E-state index is 12.2. The molecule has 1 unspecified atom stereocenters. The van der Waals surface area contributed by atoms with Crippen LogP contribution in [0.1, 0.15) is 62.7 Å². The van der Waals surface area contributed by atoms with Gasteiger partial charge in [-0.15, -0.1) is 0 Å². The fourth-order valence-electron chi connectivity index (χ4n) is 2.16. The van der Waals surface area contributed by atoms with Crippen molar-refractivity contribution in [3.63, 3.8) is 0 Å². The molecule has 1 atom stereocenters. The molecule has 3 heteroatoms. The molecule has 0 aliphatic carbocycles. The van der Waals surface area contributed by atoms with Crippen LogP contribution in [0.5, 0.6) is 0 Å². The Labute approximate surface area is 130 Å². The zero-order valence-corrected chi connectivity index (χ0v) is 13.9. The second-order valence-electron chi connectivity index (χ2n) is 5.23. The maximum Gasteiger partial charge on any atom is 0.173 e. The number of halogens is 1. The molecule has 0 bridgehead atoms. The normalized spacial score (nSPS) is 12.2. The third-order valence-electron chi connectivity index (χ3n) is 3.51. The molecule has 20 heavy (non-hydrogen) atoms. The van der Waals surface area contributed by atoms with Gasteiger partial charge in [0.15, 0.2) is 5.78 Å². The van der Waals surface area contributed by atoms with Gasteiger partial charge in [0.05, 0.1) is 5.92 Å². The molecule has 0 fully saturated rings. The van der Waals surface area contributed by atoms with Crippen LogP contribution in [0, 0.1) is 5.92 Å². The SMILES string of the molecule is CCCCCCCC(=O)C(C)C(=O)c1cccc(Br)c1. The Bertz CT molecular complexity index is 454. The first-order chi connectivity index (χ1) is 9.56. The number of carbonyl (C=O) groups excluding carboxylic acids is 2. The molecule has 110 valence electrons. The average Bonchev–Trinajstić information content (AvgIpc) is 2.45. The van der Waals surface area contributed by atoms with E-state index in [4.69, 9.17) is 0 Å². The summed E-state index contributed by atoms with van der Waals surface area (Å²) >= 11 is 3.35. The first-order valence-corrected chi connectivity index (χ1v) is 8.18. The van der Waals surface area contributed by atoms with Crippen LogP contribution < -0.4 is 0 Å². The van der Waals surface area contributed by atoms with Gasteiger partial charge in [-0.05, 0) is 25.5 Å². The zero-order valence-electron chi connectivity index (χ0n) is 12.3. The first kappa shape index (κ1) is 17.1. The summed E-state index contributed by atoms with van der Waals surface area (Å²) in [5, 5.41) is 0. The Morgan fingerprint density at radius 1 is 1.15 bits per heavy atom. The molecule has 0 aliphatic heterocycles. The van der Waals surface area contributed by atoms with Crippen LogP contribution in [0.4, 0.5) is 0 Å². The number of Topliss-reactive ketones (excluding diaryl/α,β-unsaturated/α-hetero) is 2.